The summed E-state index contributed by atoms with van der Waals surface area (Å²) in [6, 6.07) is 13.2. The summed E-state index contributed by atoms with van der Waals surface area (Å²) in [5.41, 5.74) is 1.91. The van der Waals surface area contributed by atoms with E-state index in [0.29, 0.717) is 10.8 Å². The van der Waals surface area contributed by atoms with Crippen molar-refractivity contribution in [2.75, 3.05) is 32.5 Å². The van der Waals surface area contributed by atoms with Gasteiger partial charge in [0.15, 0.2) is 9.84 Å². The van der Waals surface area contributed by atoms with Gasteiger partial charge in [-0.1, -0.05) is 25.1 Å². The third kappa shape index (κ3) is 5.23. The molecule has 0 atom stereocenters. The van der Waals surface area contributed by atoms with Crippen molar-refractivity contribution in [3.8, 4) is 16.9 Å². The highest BCUT2D eigenvalue weighted by molar-refractivity contribution is 14.1. The molecule has 0 aliphatic carbocycles. The molecule has 1 heterocycles. The number of benzene rings is 2. The summed E-state index contributed by atoms with van der Waals surface area (Å²) in [5.74, 6) is 1.63. The van der Waals surface area contributed by atoms with Crippen LogP contribution in [0.2, 0.25) is 0 Å². The van der Waals surface area contributed by atoms with Crippen molar-refractivity contribution >= 4 is 32.4 Å². The van der Waals surface area contributed by atoms with Gasteiger partial charge in [0.25, 0.3) is 0 Å². The summed E-state index contributed by atoms with van der Waals surface area (Å²) < 4.78 is 31.4. The van der Waals surface area contributed by atoms with Gasteiger partial charge in [0.2, 0.25) is 0 Å². The van der Waals surface area contributed by atoms with Crippen molar-refractivity contribution in [1.29, 1.82) is 0 Å². The highest BCUT2D eigenvalue weighted by Gasteiger charge is 2.18. The van der Waals surface area contributed by atoms with Gasteiger partial charge < -0.3 is 9.64 Å². The second kappa shape index (κ2) is 8.92. The fraction of sp³-hybridized carbons (Fsp3) is 0.429. The lowest BCUT2D eigenvalue weighted by atomic mass is 9.98. The normalized spacial score (nSPS) is 16.4. The van der Waals surface area contributed by atoms with Gasteiger partial charge in [-0.3, -0.25) is 0 Å². The van der Waals surface area contributed by atoms with Gasteiger partial charge in [0.1, 0.15) is 5.75 Å². The van der Waals surface area contributed by atoms with Crippen LogP contribution in [-0.2, 0) is 9.84 Å². The van der Waals surface area contributed by atoms with Crippen LogP contribution in [0.3, 0.4) is 0 Å². The molecule has 0 saturated carbocycles. The topological polar surface area (TPSA) is 46.6 Å². The van der Waals surface area contributed by atoms with Crippen LogP contribution < -0.4 is 4.74 Å². The van der Waals surface area contributed by atoms with Crippen molar-refractivity contribution in [3.05, 3.63) is 46.0 Å². The van der Waals surface area contributed by atoms with Gasteiger partial charge in [-0.25, -0.2) is 8.42 Å². The molecule has 1 aliphatic heterocycles. The largest absolute Gasteiger partial charge is 0.492 e. The molecular weight excluding hydrogens is 473 g/mol. The van der Waals surface area contributed by atoms with Crippen molar-refractivity contribution in [1.82, 2.24) is 4.90 Å². The second-order valence-electron chi connectivity index (χ2n) is 7.13. The van der Waals surface area contributed by atoms with Gasteiger partial charge in [0, 0.05) is 0 Å². The number of sulfone groups is 1. The molecule has 0 amide bonds. The lowest BCUT2D eigenvalue weighted by molar-refractivity contribution is 0.159. The van der Waals surface area contributed by atoms with E-state index in [1.54, 1.807) is 25.1 Å². The van der Waals surface area contributed by atoms with Crippen LogP contribution in [0.15, 0.2) is 47.4 Å². The molecule has 0 N–H and O–H groups in total. The van der Waals surface area contributed by atoms with E-state index in [-0.39, 0.29) is 5.75 Å². The van der Waals surface area contributed by atoms with E-state index < -0.39 is 9.84 Å². The van der Waals surface area contributed by atoms with Gasteiger partial charge in [0.05, 0.1) is 20.8 Å². The lowest BCUT2D eigenvalue weighted by Gasteiger charge is -2.28. The average Bonchev–Trinajstić information content (AvgIpc) is 2.68. The van der Waals surface area contributed by atoms with Crippen LogP contribution >= 0.6 is 22.6 Å². The van der Waals surface area contributed by atoms with Crippen LogP contribution in [0.5, 0.6) is 5.75 Å². The van der Waals surface area contributed by atoms with Crippen molar-refractivity contribution in [2.24, 2.45) is 5.92 Å². The quantitative estimate of drug-likeness (QED) is 0.551. The number of ether oxygens (including phenoxy) is 1. The minimum Gasteiger partial charge on any atom is -0.492 e. The number of likely N-dealkylation sites (tertiary alicyclic amines) is 1. The van der Waals surface area contributed by atoms with E-state index in [1.807, 2.05) is 18.2 Å². The predicted octanol–water partition coefficient (Wildman–Crippen LogP) is 4.47. The molecule has 6 heteroatoms. The number of hydrogen-bond acceptors (Lipinski definition) is 4. The summed E-state index contributed by atoms with van der Waals surface area (Å²) in [4.78, 5) is 2.74. The Morgan fingerprint density at radius 2 is 1.81 bits per heavy atom. The zero-order chi connectivity index (χ0) is 19.4. The van der Waals surface area contributed by atoms with E-state index in [0.717, 1.165) is 40.1 Å². The van der Waals surface area contributed by atoms with Gasteiger partial charge in [-0.15, -0.1) is 0 Å². The van der Waals surface area contributed by atoms with Gasteiger partial charge in [-0.05, 0) is 96.9 Å². The molecule has 0 unspecified atom stereocenters. The molecule has 0 aromatic heterocycles. The molecule has 0 bridgehead atoms. The minimum absolute atomic E-state index is 0.109. The maximum absolute atomic E-state index is 12.1. The number of halogens is 1. The van der Waals surface area contributed by atoms with Crippen LogP contribution in [-0.4, -0.2) is 45.8 Å². The molecule has 27 heavy (non-hydrogen) atoms. The first-order chi connectivity index (χ1) is 12.9. The average molecular weight is 499 g/mol. The van der Waals surface area contributed by atoms with Crippen LogP contribution in [0.4, 0.5) is 0 Å². The second-order valence-corrected chi connectivity index (χ2v) is 10.6. The third-order valence-electron chi connectivity index (χ3n) is 5.15. The molecular formula is C21H26INO3S. The third-order valence-corrected chi connectivity index (χ3v) is 7.73. The molecule has 1 saturated heterocycles. The van der Waals surface area contributed by atoms with E-state index in [2.05, 4.69) is 40.6 Å². The van der Waals surface area contributed by atoms with E-state index in [4.69, 9.17) is 4.74 Å². The molecule has 0 radical (unpaired) electrons. The molecule has 3 rings (SSSR count). The summed E-state index contributed by atoms with van der Waals surface area (Å²) in [6.07, 6.45) is 2.37. The Kier molecular flexibility index (Phi) is 6.81. The molecule has 2 aromatic carbocycles. The SMILES string of the molecule is CCS(=O)(=O)c1cccc(-c2ccc(OCC3CCN(C)CC3)c(I)c2)c1. The monoisotopic (exact) mass is 499 g/mol. The standard InChI is InChI=1S/C21H26INO3S/c1-3-27(24,25)19-6-4-5-17(13-19)18-7-8-21(20(22)14-18)26-15-16-9-11-23(2)12-10-16/h4-8,13-14,16H,3,9-12,15H2,1-2H3. The Labute approximate surface area is 176 Å². The number of nitrogens with zero attached hydrogens (tertiary/aromatic N) is 1. The smallest absolute Gasteiger partial charge is 0.178 e. The van der Waals surface area contributed by atoms with Crippen molar-refractivity contribution in [3.63, 3.8) is 0 Å². The molecule has 146 valence electrons. The maximum Gasteiger partial charge on any atom is 0.178 e. The summed E-state index contributed by atoms with van der Waals surface area (Å²) in [7, 11) is -1.04. The van der Waals surface area contributed by atoms with E-state index in [9.17, 15) is 8.42 Å². The van der Waals surface area contributed by atoms with Crippen molar-refractivity contribution < 1.29 is 13.2 Å². The predicted molar refractivity (Wildman–Crippen MR) is 118 cm³/mol. The minimum atomic E-state index is -3.20. The van der Waals surface area contributed by atoms with Crippen LogP contribution in [0.1, 0.15) is 19.8 Å². The Bertz CT molecular complexity index is 890. The van der Waals surface area contributed by atoms with Crippen LogP contribution in [0.25, 0.3) is 11.1 Å². The van der Waals surface area contributed by atoms with Gasteiger partial charge in [-0.2, -0.15) is 0 Å². The zero-order valence-corrected chi connectivity index (χ0v) is 18.8. The highest BCUT2D eigenvalue weighted by Crippen LogP contribution is 2.30. The Morgan fingerprint density at radius 1 is 1.11 bits per heavy atom. The molecule has 1 fully saturated rings. The first-order valence-electron chi connectivity index (χ1n) is 9.33. The highest BCUT2D eigenvalue weighted by atomic mass is 127. The molecule has 0 spiro atoms. The van der Waals surface area contributed by atoms with E-state index >= 15 is 0 Å². The van der Waals surface area contributed by atoms with Gasteiger partial charge >= 0.3 is 0 Å². The zero-order valence-electron chi connectivity index (χ0n) is 15.8. The first kappa shape index (κ1) is 20.6. The fourth-order valence-electron chi connectivity index (χ4n) is 3.27. The number of rotatable bonds is 6. The summed E-state index contributed by atoms with van der Waals surface area (Å²) >= 11 is 2.29. The Hall–Kier alpha value is -1.12. The number of hydrogen-bond donors (Lipinski definition) is 0. The first-order valence-corrected chi connectivity index (χ1v) is 12.1. The molecule has 4 nitrogen and oxygen atoms in total. The molecule has 2 aromatic rings. The Balaban J connectivity index is 1.72. The van der Waals surface area contributed by atoms with Crippen LogP contribution in [0, 0.1) is 9.49 Å². The lowest BCUT2D eigenvalue weighted by Crippen LogP contribution is -2.32. The maximum atomic E-state index is 12.1. The van der Waals surface area contributed by atoms with E-state index in [1.165, 1.54) is 12.8 Å². The van der Waals surface area contributed by atoms with Crippen molar-refractivity contribution in [2.45, 2.75) is 24.7 Å². The number of piperidine rings is 1. The summed E-state index contributed by atoms with van der Waals surface area (Å²) in [6.45, 7) is 4.71. The fourth-order valence-corrected chi connectivity index (χ4v) is 4.87. The summed E-state index contributed by atoms with van der Waals surface area (Å²) in [5, 5.41) is 0. The molecule has 1 aliphatic rings. The Morgan fingerprint density at radius 3 is 2.48 bits per heavy atom.